The highest BCUT2D eigenvalue weighted by molar-refractivity contribution is 5.74. The van der Waals surface area contributed by atoms with Gasteiger partial charge >= 0.3 is 5.97 Å². The number of piperazine rings is 1. The van der Waals surface area contributed by atoms with Gasteiger partial charge in [-0.3, -0.25) is 4.90 Å². The second-order valence-corrected chi connectivity index (χ2v) is 4.45. The van der Waals surface area contributed by atoms with Crippen molar-refractivity contribution in [2.45, 2.75) is 13.2 Å². The molecule has 19 heavy (non-hydrogen) atoms. The average Bonchev–Trinajstić information content (AvgIpc) is 2.48. The molecule has 1 aromatic rings. The van der Waals surface area contributed by atoms with E-state index in [1.165, 1.54) is 4.90 Å². The molecule has 1 atom stereocenters. The van der Waals surface area contributed by atoms with Gasteiger partial charge in [0, 0.05) is 31.9 Å². The fourth-order valence-corrected chi connectivity index (χ4v) is 2.21. The average molecular weight is 266 g/mol. The molecule has 2 rings (SSSR count). The number of anilines is 1. The van der Waals surface area contributed by atoms with Crippen LogP contribution in [0.5, 0.6) is 0 Å². The lowest BCUT2D eigenvalue weighted by atomic mass is 10.2. The lowest BCUT2D eigenvalue weighted by Crippen LogP contribution is -2.51. The topological polar surface area (TPSA) is 32.8 Å². The zero-order chi connectivity index (χ0) is 13.7. The monoisotopic (exact) mass is 266 g/mol. The molecule has 1 aliphatic heterocycles. The maximum Gasteiger partial charge on any atom is 0.356 e. The number of carbonyl (C=O) groups excluding carboxylic acids is 1. The first-order valence-electron chi connectivity index (χ1n) is 6.57. The van der Waals surface area contributed by atoms with Crippen molar-refractivity contribution >= 4 is 11.7 Å². The van der Waals surface area contributed by atoms with E-state index in [1.807, 2.05) is 30.3 Å². The Labute approximate surface area is 112 Å². The maximum absolute atomic E-state index is 13.8. The van der Waals surface area contributed by atoms with Crippen molar-refractivity contribution in [1.82, 2.24) is 4.90 Å². The number of nitrogens with zero attached hydrogens (tertiary/aromatic N) is 2. The number of hydrogen-bond acceptors (Lipinski definition) is 4. The van der Waals surface area contributed by atoms with E-state index in [2.05, 4.69) is 4.90 Å². The second-order valence-electron chi connectivity index (χ2n) is 4.45. The molecule has 1 unspecified atom stereocenters. The van der Waals surface area contributed by atoms with Crippen LogP contribution in [0.3, 0.4) is 0 Å². The summed E-state index contributed by atoms with van der Waals surface area (Å²) in [5, 5.41) is 0. The summed E-state index contributed by atoms with van der Waals surface area (Å²) in [6, 6.07) is 10.0. The van der Waals surface area contributed by atoms with Crippen molar-refractivity contribution in [3.05, 3.63) is 30.3 Å². The van der Waals surface area contributed by atoms with Crippen LogP contribution >= 0.6 is 0 Å². The van der Waals surface area contributed by atoms with Crippen LogP contribution in [0.1, 0.15) is 6.92 Å². The number of rotatable bonds is 4. The van der Waals surface area contributed by atoms with E-state index in [-0.39, 0.29) is 6.61 Å². The lowest BCUT2D eigenvalue weighted by molar-refractivity contribution is -0.157. The number of benzene rings is 1. The summed E-state index contributed by atoms with van der Waals surface area (Å²) in [5.74, 6) is -0.782. The largest absolute Gasteiger partial charge is 0.463 e. The third kappa shape index (κ3) is 3.44. The molecular formula is C14H19FN2O2. The molecule has 1 heterocycles. The lowest BCUT2D eigenvalue weighted by Gasteiger charge is -2.36. The normalized spacial score (nSPS) is 18.1. The summed E-state index contributed by atoms with van der Waals surface area (Å²) in [4.78, 5) is 15.1. The van der Waals surface area contributed by atoms with E-state index in [0.29, 0.717) is 26.2 Å². The van der Waals surface area contributed by atoms with E-state index >= 15 is 0 Å². The van der Waals surface area contributed by atoms with Crippen LogP contribution < -0.4 is 4.90 Å². The first-order chi connectivity index (χ1) is 9.22. The standard InChI is InChI=1S/C14H19FN2O2/c1-2-19-14(18)13(15)17-10-8-16(9-11-17)12-6-4-3-5-7-12/h3-7,13H,2,8-11H2,1H3. The van der Waals surface area contributed by atoms with Crippen LogP contribution in [-0.4, -0.2) is 50.0 Å². The number of para-hydroxylation sites is 1. The highest BCUT2D eigenvalue weighted by Gasteiger charge is 2.29. The fraction of sp³-hybridized carbons (Fsp3) is 0.500. The van der Waals surface area contributed by atoms with Crippen LogP contribution in [-0.2, 0) is 9.53 Å². The fourth-order valence-electron chi connectivity index (χ4n) is 2.21. The van der Waals surface area contributed by atoms with Gasteiger partial charge in [0.1, 0.15) is 0 Å². The Morgan fingerprint density at radius 2 is 1.89 bits per heavy atom. The van der Waals surface area contributed by atoms with Gasteiger partial charge in [0.15, 0.2) is 0 Å². The summed E-state index contributed by atoms with van der Waals surface area (Å²) in [6.07, 6.45) is -1.64. The minimum absolute atomic E-state index is 0.212. The summed E-state index contributed by atoms with van der Waals surface area (Å²) in [5.41, 5.74) is 1.13. The minimum Gasteiger partial charge on any atom is -0.463 e. The molecule has 0 aliphatic carbocycles. The van der Waals surface area contributed by atoms with Crippen LogP contribution in [0.25, 0.3) is 0 Å². The van der Waals surface area contributed by atoms with E-state index in [9.17, 15) is 9.18 Å². The molecule has 0 N–H and O–H groups in total. The van der Waals surface area contributed by atoms with Gasteiger partial charge in [-0.25, -0.2) is 9.18 Å². The van der Waals surface area contributed by atoms with E-state index in [4.69, 9.17) is 4.74 Å². The van der Waals surface area contributed by atoms with Crippen molar-refractivity contribution in [2.24, 2.45) is 0 Å². The summed E-state index contributed by atoms with van der Waals surface area (Å²) < 4.78 is 18.5. The number of carbonyl (C=O) groups is 1. The van der Waals surface area contributed by atoms with Gasteiger partial charge in [-0.1, -0.05) is 18.2 Å². The molecule has 1 fully saturated rings. The van der Waals surface area contributed by atoms with Crippen molar-refractivity contribution < 1.29 is 13.9 Å². The number of alkyl halides is 1. The molecule has 1 saturated heterocycles. The van der Waals surface area contributed by atoms with Gasteiger partial charge in [0.25, 0.3) is 6.30 Å². The zero-order valence-electron chi connectivity index (χ0n) is 11.1. The summed E-state index contributed by atoms with van der Waals surface area (Å²) >= 11 is 0. The highest BCUT2D eigenvalue weighted by Crippen LogP contribution is 2.17. The van der Waals surface area contributed by atoms with Crippen LogP contribution in [0.2, 0.25) is 0 Å². The summed E-state index contributed by atoms with van der Waals surface area (Å²) in [7, 11) is 0. The Hall–Kier alpha value is -1.62. The van der Waals surface area contributed by atoms with E-state index < -0.39 is 12.3 Å². The number of esters is 1. The summed E-state index contributed by atoms with van der Waals surface area (Å²) in [6.45, 7) is 4.36. The van der Waals surface area contributed by atoms with Gasteiger partial charge in [-0.2, -0.15) is 0 Å². The van der Waals surface area contributed by atoms with Gasteiger partial charge in [-0.05, 0) is 19.1 Å². The number of hydrogen-bond donors (Lipinski definition) is 0. The molecular weight excluding hydrogens is 247 g/mol. The van der Waals surface area contributed by atoms with Crippen molar-refractivity contribution in [1.29, 1.82) is 0 Å². The van der Waals surface area contributed by atoms with Crippen LogP contribution in [0, 0.1) is 0 Å². The number of ether oxygens (including phenoxy) is 1. The van der Waals surface area contributed by atoms with E-state index in [0.717, 1.165) is 5.69 Å². The second kappa shape index (κ2) is 6.52. The SMILES string of the molecule is CCOC(=O)C(F)N1CCN(c2ccccc2)CC1. The molecule has 4 nitrogen and oxygen atoms in total. The number of halogens is 1. The first-order valence-corrected chi connectivity index (χ1v) is 6.57. The van der Waals surface area contributed by atoms with Gasteiger partial charge < -0.3 is 9.64 Å². The Bertz CT molecular complexity index is 405. The maximum atomic E-state index is 13.8. The molecule has 5 heteroatoms. The Kier molecular flexibility index (Phi) is 4.74. The highest BCUT2D eigenvalue weighted by atomic mass is 19.1. The third-order valence-corrected chi connectivity index (χ3v) is 3.24. The Balaban J connectivity index is 1.87. The molecule has 0 amide bonds. The van der Waals surface area contributed by atoms with Gasteiger partial charge in [0.05, 0.1) is 6.61 Å². The third-order valence-electron chi connectivity index (χ3n) is 3.24. The molecule has 1 aliphatic rings. The molecule has 104 valence electrons. The van der Waals surface area contributed by atoms with Crippen LogP contribution in [0.4, 0.5) is 10.1 Å². The quantitative estimate of drug-likeness (QED) is 0.613. The molecule has 0 radical (unpaired) electrons. The van der Waals surface area contributed by atoms with E-state index in [1.54, 1.807) is 6.92 Å². The predicted molar refractivity (Wildman–Crippen MR) is 71.8 cm³/mol. The Morgan fingerprint density at radius 1 is 1.26 bits per heavy atom. The van der Waals surface area contributed by atoms with Crippen LogP contribution in [0.15, 0.2) is 30.3 Å². The molecule has 0 saturated carbocycles. The molecule has 1 aromatic carbocycles. The smallest absolute Gasteiger partial charge is 0.356 e. The van der Waals surface area contributed by atoms with Crippen molar-refractivity contribution in [3.8, 4) is 0 Å². The van der Waals surface area contributed by atoms with Crippen molar-refractivity contribution in [3.63, 3.8) is 0 Å². The van der Waals surface area contributed by atoms with Gasteiger partial charge in [-0.15, -0.1) is 0 Å². The first kappa shape index (κ1) is 13.8. The minimum atomic E-state index is -1.64. The van der Waals surface area contributed by atoms with Gasteiger partial charge in [0.2, 0.25) is 0 Å². The Morgan fingerprint density at radius 3 is 2.47 bits per heavy atom. The molecule has 0 spiro atoms. The predicted octanol–water partition coefficient (Wildman–Crippen LogP) is 1.67. The van der Waals surface area contributed by atoms with Crippen molar-refractivity contribution in [2.75, 3.05) is 37.7 Å². The molecule has 0 aromatic heterocycles. The zero-order valence-corrected chi connectivity index (χ0v) is 11.1. The molecule has 0 bridgehead atoms.